The standard InChI is InChI=1S/C20H19ClN4O2S/c1-2-5-17-22-16-7-4-3-6-15(16)20(23-17)28-12-18(26)24-25-19(27)13-8-10-14(21)11-9-13/h3-4,6-11H,2,5,12H2,1H3,(H,24,26)(H,25,27). The third-order valence-corrected chi connectivity index (χ3v) is 5.09. The number of aromatic nitrogens is 2. The van der Waals surface area contributed by atoms with Crippen LogP contribution in [0.4, 0.5) is 0 Å². The van der Waals surface area contributed by atoms with Crippen molar-refractivity contribution < 1.29 is 9.59 Å². The summed E-state index contributed by atoms with van der Waals surface area (Å²) in [6.45, 7) is 2.07. The number of hydrogen-bond donors (Lipinski definition) is 2. The van der Waals surface area contributed by atoms with E-state index in [1.165, 1.54) is 11.8 Å². The highest BCUT2D eigenvalue weighted by atomic mass is 35.5. The molecule has 0 spiro atoms. The summed E-state index contributed by atoms with van der Waals surface area (Å²) in [6, 6.07) is 14.1. The fourth-order valence-electron chi connectivity index (χ4n) is 2.51. The fraction of sp³-hybridized carbons (Fsp3) is 0.200. The van der Waals surface area contributed by atoms with Gasteiger partial charge in [0.05, 0.1) is 11.3 Å². The summed E-state index contributed by atoms with van der Waals surface area (Å²) in [7, 11) is 0. The van der Waals surface area contributed by atoms with Gasteiger partial charge in [-0.15, -0.1) is 0 Å². The van der Waals surface area contributed by atoms with Crippen LogP contribution in [0.3, 0.4) is 0 Å². The van der Waals surface area contributed by atoms with Gasteiger partial charge in [-0.3, -0.25) is 20.4 Å². The molecule has 0 saturated heterocycles. The van der Waals surface area contributed by atoms with E-state index in [1.807, 2.05) is 24.3 Å². The van der Waals surface area contributed by atoms with Gasteiger partial charge in [0, 0.05) is 22.4 Å². The SMILES string of the molecule is CCCc1nc(SCC(=O)NNC(=O)c2ccc(Cl)cc2)c2ccccc2n1. The van der Waals surface area contributed by atoms with Gasteiger partial charge in [-0.1, -0.05) is 48.5 Å². The van der Waals surface area contributed by atoms with E-state index in [2.05, 4.69) is 27.7 Å². The molecule has 0 bridgehead atoms. The molecule has 2 aromatic carbocycles. The molecule has 0 fully saturated rings. The van der Waals surface area contributed by atoms with Crippen molar-refractivity contribution in [2.45, 2.75) is 24.8 Å². The number of halogens is 1. The maximum Gasteiger partial charge on any atom is 0.269 e. The maximum atomic E-state index is 12.1. The first-order chi connectivity index (χ1) is 13.6. The van der Waals surface area contributed by atoms with Gasteiger partial charge >= 0.3 is 0 Å². The first kappa shape index (κ1) is 20.1. The number of hydrogen-bond acceptors (Lipinski definition) is 5. The Morgan fingerprint density at radius 1 is 1.04 bits per heavy atom. The number of carbonyl (C=O) groups excluding carboxylic acids is 2. The first-order valence-corrected chi connectivity index (χ1v) is 10.2. The van der Waals surface area contributed by atoms with Gasteiger partial charge in [-0.2, -0.15) is 0 Å². The second-order valence-electron chi connectivity index (χ2n) is 6.01. The molecule has 1 aromatic heterocycles. The molecule has 0 unspecified atom stereocenters. The molecule has 144 valence electrons. The van der Waals surface area contributed by atoms with Crippen LogP contribution in [0, 0.1) is 0 Å². The van der Waals surface area contributed by atoms with Crippen molar-refractivity contribution in [1.82, 2.24) is 20.8 Å². The van der Waals surface area contributed by atoms with Crippen LogP contribution in [0.1, 0.15) is 29.5 Å². The zero-order chi connectivity index (χ0) is 19.9. The third-order valence-electron chi connectivity index (χ3n) is 3.85. The maximum absolute atomic E-state index is 12.1. The van der Waals surface area contributed by atoms with Crippen molar-refractivity contribution in [3.8, 4) is 0 Å². The molecular weight excluding hydrogens is 396 g/mol. The van der Waals surface area contributed by atoms with Crippen LogP contribution >= 0.6 is 23.4 Å². The average molecular weight is 415 g/mol. The Kier molecular flexibility index (Phi) is 6.84. The van der Waals surface area contributed by atoms with E-state index < -0.39 is 5.91 Å². The molecule has 0 saturated carbocycles. The molecule has 2 amide bonds. The van der Waals surface area contributed by atoms with Gasteiger partial charge in [0.1, 0.15) is 10.9 Å². The lowest BCUT2D eigenvalue weighted by Crippen LogP contribution is -2.42. The van der Waals surface area contributed by atoms with Crippen molar-refractivity contribution in [3.63, 3.8) is 0 Å². The molecule has 0 aliphatic rings. The van der Waals surface area contributed by atoms with Crippen LogP contribution in [0.25, 0.3) is 10.9 Å². The number of rotatable bonds is 6. The number of benzene rings is 2. The largest absolute Gasteiger partial charge is 0.272 e. The van der Waals surface area contributed by atoms with Gasteiger partial charge in [0.25, 0.3) is 5.91 Å². The number of amides is 2. The first-order valence-electron chi connectivity index (χ1n) is 8.80. The lowest BCUT2D eigenvalue weighted by Gasteiger charge is -2.09. The topological polar surface area (TPSA) is 84.0 Å². The van der Waals surface area contributed by atoms with E-state index in [0.717, 1.165) is 34.6 Å². The molecule has 3 aromatic rings. The minimum atomic E-state index is -0.410. The van der Waals surface area contributed by atoms with E-state index in [0.29, 0.717) is 10.6 Å². The normalized spacial score (nSPS) is 10.6. The zero-order valence-corrected chi connectivity index (χ0v) is 16.8. The summed E-state index contributed by atoms with van der Waals surface area (Å²) in [6.07, 6.45) is 1.72. The number of fused-ring (bicyclic) bond motifs is 1. The molecule has 6 nitrogen and oxygen atoms in total. The Hall–Kier alpha value is -2.64. The average Bonchev–Trinajstić information content (AvgIpc) is 2.71. The van der Waals surface area contributed by atoms with Gasteiger partial charge < -0.3 is 0 Å². The van der Waals surface area contributed by atoms with Crippen LogP contribution < -0.4 is 10.9 Å². The number of nitrogens with zero attached hydrogens (tertiary/aromatic N) is 2. The molecule has 0 aliphatic carbocycles. The molecule has 2 N–H and O–H groups in total. The Bertz CT molecular complexity index is 995. The van der Waals surface area contributed by atoms with Crippen LogP contribution in [-0.4, -0.2) is 27.5 Å². The Morgan fingerprint density at radius 3 is 2.54 bits per heavy atom. The molecule has 3 rings (SSSR count). The highest BCUT2D eigenvalue weighted by Gasteiger charge is 2.11. The van der Waals surface area contributed by atoms with E-state index in [4.69, 9.17) is 11.6 Å². The van der Waals surface area contributed by atoms with Crippen molar-refractivity contribution in [1.29, 1.82) is 0 Å². The smallest absolute Gasteiger partial charge is 0.269 e. The number of nitrogens with one attached hydrogen (secondary N) is 2. The minimum absolute atomic E-state index is 0.119. The summed E-state index contributed by atoms with van der Waals surface area (Å²) in [5.74, 6) is 0.146. The van der Waals surface area contributed by atoms with Gasteiger partial charge in [0.15, 0.2) is 0 Å². The molecule has 1 heterocycles. The molecule has 28 heavy (non-hydrogen) atoms. The molecule has 0 aliphatic heterocycles. The molecular formula is C20H19ClN4O2S. The molecule has 0 radical (unpaired) electrons. The Balaban J connectivity index is 1.61. The number of carbonyl (C=O) groups is 2. The fourth-order valence-corrected chi connectivity index (χ4v) is 3.47. The number of hydrazine groups is 1. The summed E-state index contributed by atoms with van der Waals surface area (Å²) in [5, 5.41) is 2.20. The zero-order valence-electron chi connectivity index (χ0n) is 15.2. The Morgan fingerprint density at radius 2 is 1.79 bits per heavy atom. The van der Waals surface area contributed by atoms with Crippen LogP contribution in [0.15, 0.2) is 53.6 Å². The second-order valence-corrected chi connectivity index (χ2v) is 7.41. The van der Waals surface area contributed by atoms with E-state index in [1.54, 1.807) is 24.3 Å². The van der Waals surface area contributed by atoms with Crippen LogP contribution in [0.2, 0.25) is 5.02 Å². The minimum Gasteiger partial charge on any atom is -0.272 e. The van der Waals surface area contributed by atoms with Crippen molar-refractivity contribution >= 4 is 46.1 Å². The number of aryl methyl sites for hydroxylation is 1. The lowest BCUT2D eigenvalue weighted by atomic mass is 10.2. The number of thioether (sulfide) groups is 1. The van der Waals surface area contributed by atoms with Crippen molar-refractivity contribution in [2.24, 2.45) is 0 Å². The van der Waals surface area contributed by atoms with E-state index in [9.17, 15) is 9.59 Å². The van der Waals surface area contributed by atoms with Gasteiger partial charge in [-0.25, -0.2) is 9.97 Å². The predicted molar refractivity (Wildman–Crippen MR) is 111 cm³/mol. The van der Waals surface area contributed by atoms with E-state index >= 15 is 0 Å². The molecule has 0 atom stereocenters. The third kappa shape index (κ3) is 5.21. The van der Waals surface area contributed by atoms with Gasteiger partial charge in [0.2, 0.25) is 5.91 Å². The monoisotopic (exact) mass is 414 g/mol. The summed E-state index contributed by atoms with van der Waals surface area (Å²) in [4.78, 5) is 33.3. The summed E-state index contributed by atoms with van der Waals surface area (Å²) in [5.41, 5.74) is 6.08. The predicted octanol–water partition coefficient (Wildman–Crippen LogP) is 3.79. The quantitative estimate of drug-likeness (QED) is 0.364. The van der Waals surface area contributed by atoms with Crippen LogP contribution in [0.5, 0.6) is 0 Å². The van der Waals surface area contributed by atoms with E-state index in [-0.39, 0.29) is 11.7 Å². The lowest BCUT2D eigenvalue weighted by molar-refractivity contribution is -0.119. The molecule has 8 heteroatoms. The highest BCUT2D eigenvalue weighted by Crippen LogP contribution is 2.25. The van der Waals surface area contributed by atoms with Crippen molar-refractivity contribution in [3.05, 3.63) is 64.9 Å². The van der Waals surface area contributed by atoms with Crippen molar-refractivity contribution in [2.75, 3.05) is 5.75 Å². The highest BCUT2D eigenvalue weighted by molar-refractivity contribution is 8.00. The summed E-state index contributed by atoms with van der Waals surface area (Å²) >= 11 is 7.12. The van der Waals surface area contributed by atoms with Gasteiger partial charge in [-0.05, 0) is 36.8 Å². The summed E-state index contributed by atoms with van der Waals surface area (Å²) < 4.78 is 0. The number of para-hydroxylation sites is 1. The Labute approximate surface area is 172 Å². The second kappa shape index (κ2) is 9.52. The van der Waals surface area contributed by atoms with Crippen LogP contribution in [-0.2, 0) is 11.2 Å².